The zero-order valence-electron chi connectivity index (χ0n) is 13.6. The SMILES string of the molecule is O=C(CCc1nc(-c2ccc(I)cc2)no1)Nc1ccc2c(c1)OCO2. The summed E-state index contributed by atoms with van der Waals surface area (Å²) in [5.41, 5.74) is 1.54. The van der Waals surface area contributed by atoms with E-state index in [0.29, 0.717) is 35.3 Å². The van der Waals surface area contributed by atoms with Crippen LogP contribution in [-0.2, 0) is 11.2 Å². The highest BCUT2D eigenvalue weighted by molar-refractivity contribution is 14.1. The zero-order chi connectivity index (χ0) is 17.9. The number of aromatic nitrogens is 2. The Balaban J connectivity index is 1.34. The number of amides is 1. The summed E-state index contributed by atoms with van der Waals surface area (Å²) in [6.45, 7) is 0.201. The molecule has 2 aromatic carbocycles. The number of halogens is 1. The molecule has 1 aliphatic rings. The molecule has 0 bridgehead atoms. The lowest BCUT2D eigenvalue weighted by molar-refractivity contribution is -0.116. The first-order chi connectivity index (χ1) is 12.7. The van der Waals surface area contributed by atoms with Gasteiger partial charge in [-0.1, -0.05) is 17.3 Å². The van der Waals surface area contributed by atoms with Gasteiger partial charge in [0, 0.05) is 33.7 Å². The third-order valence-corrected chi connectivity index (χ3v) is 4.51. The molecule has 0 unspecified atom stereocenters. The number of nitrogens with zero attached hydrogens (tertiary/aromatic N) is 2. The van der Waals surface area contributed by atoms with Crippen molar-refractivity contribution in [2.24, 2.45) is 0 Å². The minimum absolute atomic E-state index is 0.141. The van der Waals surface area contributed by atoms with Crippen molar-refractivity contribution in [3.63, 3.8) is 0 Å². The van der Waals surface area contributed by atoms with Crippen LogP contribution in [0.3, 0.4) is 0 Å². The molecular weight excluding hydrogens is 449 g/mol. The summed E-state index contributed by atoms with van der Waals surface area (Å²) < 4.78 is 16.9. The molecule has 1 amide bonds. The van der Waals surface area contributed by atoms with Gasteiger partial charge in [-0.15, -0.1) is 0 Å². The number of hydrogen-bond donors (Lipinski definition) is 1. The van der Waals surface area contributed by atoms with Crippen LogP contribution in [0.4, 0.5) is 5.69 Å². The van der Waals surface area contributed by atoms with Crippen molar-refractivity contribution in [2.45, 2.75) is 12.8 Å². The van der Waals surface area contributed by atoms with E-state index in [1.807, 2.05) is 24.3 Å². The molecule has 2 heterocycles. The number of nitrogens with one attached hydrogen (secondary N) is 1. The molecule has 1 N–H and O–H groups in total. The van der Waals surface area contributed by atoms with E-state index in [1.54, 1.807) is 18.2 Å². The van der Waals surface area contributed by atoms with Gasteiger partial charge in [0.2, 0.25) is 24.4 Å². The highest BCUT2D eigenvalue weighted by Crippen LogP contribution is 2.34. The van der Waals surface area contributed by atoms with Crippen LogP contribution in [0.1, 0.15) is 12.3 Å². The molecule has 132 valence electrons. The van der Waals surface area contributed by atoms with Gasteiger partial charge in [-0.2, -0.15) is 4.98 Å². The number of carbonyl (C=O) groups excluding carboxylic acids is 1. The lowest BCUT2D eigenvalue weighted by Crippen LogP contribution is -2.12. The van der Waals surface area contributed by atoms with Crippen molar-refractivity contribution >= 4 is 34.2 Å². The van der Waals surface area contributed by atoms with E-state index in [1.165, 1.54) is 0 Å². The molecule has 0 fully saturated rings. The van der Waals surface area contributed by atoms with Crippen LogP contribution in [0.25, 0.3) is 11.4 Å². The van der Waals surface area contributed by atoms with Crippen molar-refractivity contribution in [1.29, 1.82) is 0 Å². The van der Waals surface area contributed by atoms with Gasteiger partial charge in [-0.05, 0) is 46.9 Å². The van der Waals surface area contributed by atoms with Crippen molar-refractivity contribution in [2.75, 3.05) is 12.1 Å². The number of rotatable bonds is 5. The Morgan fingerprint density at radius 2 is 1.92 bits per heavy atom. The molecule has 3 aromatic rings. The Bertz CT molecular complexity index is 940. The summed E-state index contributed by atoms with van der Waals surface area (Å²) >= 11 is 2.24. The largest absolute Gasteiger partial charge is 0.454 e. The highest BCUT2D eigenvalue weighted by Gasteiger charge is 2.15. The fourth-order valence-corrected chi connectivity index (χ4v) is 2.85. The molecule has 0 radical (unpaired) electrons. The predicted molar refractivity (Wildman–Crippen MR) is 102 cm³/mol. The van der Waals surface area contributed by atoms with Crippen molar-refractivity contribution in [3.05, 3.63) is 51.9 Å². The standard InChI is InChI=1S/C18H14IN3O4/c19-12-3-1-11(2-4-12)18-21-17(26-22-18)8-7-16(23)20-13-5-6-14-15(9-13)25-10-24-14/h1-6,9H,7-8,10H2,(H,20,23). The third-order valence-electron chi connectivity index (χ3n) is 3.79. The van der Waals surface area contributed by atoms with E-state index in [9.17, 15) is 4.79 Å². The summed E-state index contributed by atoms with van der Waals surface area (Å²) in [6.07, 6.45) is 0.608. The number of hydrogen-bond acceptors (Lipinski definition) is 6. The van der Waals surface area contributed by atoms with Crippen LogP contribution in [0.2, 0.25) is 0 Å². The maximum atomic E-state index is 12.1. The predicted octanol–water partition coefficient (Wildman–Crippen LogP) is 3.64. The zero-order valence-corrected chi connectivity index (χ0v) is 15.7. The second-order valence-electron chi connectivity index (χ2n) is 5.63. The highest BCUT2D eigenvalue weighted by atomic mass is 127. The Labute approximate surface area is 162 Å². The minimum atomic E-state index is -0.141. The maximum Gasteiger partial charge on any atom is 0.231 e. The maximum absolute atomic E-state index is 12.1. The summed E-state index contributed by atoms with van der Waals surface area (Å²) in [5, 5.41) is 6.79. The first-order valence-corrected chi connectivity index (χ1v) is 9.03. The van der Waals surface area contributed by atoms with Crippen molar-refractivity contribution in [1.82, 2.24) is 10.1 Å². The molecule has 0 saturated carbocycles. The van der Waals surface area contributed by atoms with Crippen LogP contribution < -0.4 is 14.8 Å². The molecule has 26 heavy (non-hydrogen) atoms. The smallest absolute Gasteiger partial charge is 0.231 e. The molecule has 0 saturated heterocycles. The Hall–Kier alpha value is -2.62. The summed E-state index contributed by atoms with van der Waals surface area (Å²) in [5.74, 6) is 2.11. The number of fused-ring (bicyclic) bond motifs is 1. The van der Waals surface area contributed by atoms with E-state index in [4.69, 9.17) is 14.0 Å². The van der Waals surface area contributed by atoms with Gasteiger partial charge in [0.1, 0.15) is 0 Å². The second kappa shape index (κ2) is 7.32. The molecule has 0 aliphatic carbocycles. The van der Waals surface area contributed by atoms with E-state index < -0.39 is 0 Å². The van der Waals surface area contributed by atoms with Gasteiger partial charge in [-0.3, -0.25) is 4.79 Å². The van der Waals surface area contributed by atoms with Gasteiger partial charge in [0.05, 0.1) is 0 Å². The summed E-state index contributed by atoms with van der Waals surface area (Å²) in [6, 6.07) is 13.1. The fraction of sp³-hybridized carbons (Fsp3) is 0.167. The second-order valence-corrected chi connectivity index (χ2v) is 6.88. The van der Waals surface area contributed by atoms with Crippen LogP contribution in [0.5, 0.6) is 11.5 Å². The number of aryl methyl sites for hydroxylation is 1. The average Bonchev–Trinajstić information content (AvgIpc) is 3.29. The molecule has 1 aliphatic heterocycles. The number of anilines is 1. The molecule has 4 rings (SSSR count). The topological polar surface area (TPSA) is 86.5 Å². The van der Waals surface area contributed by atoms with Crippen molar-refractivity contribution < 1.29 is 18.8 Å². The molecular formula is C18H14IN3O4. The lowest BCUT2D eigenvalue weighted by atomic mass is 10.2. The Morgan fingerprint density at radius 3 is 2.77 bits per heavy atom. The number of carbonyl (C=O) groups is 1. The van der Waals surface area contributed by atoms with E-state index in [2.05, 4.69) is 38.0 Å². The lowest BCUT2D eigenvalue weighted by Gasteiger charge is -2.05. The monoisotopic (exact) mass is 463 g/mol. The summed E-state index contributed by atoms with van der Waals surface area (Å²) in [7, 11) is 0. The average molecular weight is 463 g/mol. The van der Waals surface area contributed by atoms with E-state index in [0.717, 1.165) is 9.13 Å². The van der Waals surface area contributed by atoms with Gasteiger partial charge in [0.15, 0.2) is 11.5 Å². The molecule has 1 aromatic heterocycles. The van der Waals surface area contributed by atoms with Gasteiger partial charge in [-0.25, -0.2) is 0 Å². The Morgan fingerprint density at radius 1 is 1.12 bits per heavy atom. The van der Waals surface area contributed by atoms with Crippen LogP contribution >= 0.6 is 22.6 Å². The normalized spacial score (nSPS) is 12.2. The van der Waals surface area contributed by atoms with Crippen LogP contribution in [-0.4, -0.2) is 22.8 Å². The fourth-order valence-electron chi connectivity index (χ4n) is 2.49. The number of benzene rings is 2. The first-order valence-electron chi connectivity index (χ1n) is 7.95. The molecule has 0 spiro atoms. The van der Waals surface area contributed by atoms with E-state index >= 15 is 0 Å². The van der Waals surface area contributed by atoms with Gasteiger partial charge >= 0.3 is 0 Å². The molecule has 8 heteroatoms. The van der Waals surface area contributed by atoms with E-state index in [-0.39, 0.29) is 19.1 Å². The minimum Gasteiger partial charge on any atom is -0.454 e. The molecule has 7 nitrogen and oxygen atoms in total. The van der Waals surface area contributed by atoms with Gasteiger partial charge < -0.3 is 19.3 Å². The quantitative estimate of drug-likeness (QED) is 0.582. The first kappa shape index (κ1) is 16.8. The van der Waals surface area contributed by atoms with Crippen molar-refractivity contribution in [3.8, 4) is 22.9 Å². The molecule has 0 atom stereocenters. The van der Waals surface area contributed by atoms with Crippen LogP contribution in [0.15, 0.2) is 47.0 Å². The number of ether oxygens (including phenoxy) is 2. The van der Waals surface area contributed by atoms with Crippen LogP contribution in [0, 0.1) is 3.57 Å². The summed E-state index contributed by atoms with van der Waals surface area (Å²) in [4.78, 5) is 16.5. The third kappa shape index (κ3) is 3.79. The Kier molecular flexibility index (Phi) is 4.74. The van der Waals surface area contributed by atoms with Gasteiger partial charge in [0.25, 0.3) is 0 Å².